The Kier molecular flexibility index (Phi) is 8.96. The molecule has 1 fully saturated rings. The minimum atomic E-state index is -5.37. The number of hydrogen-bond donors (Lipinski definition) is 9. The Morgan fingerprint density at radius 2 is 1.75 bits per heavy atom. The van der Waals surface area contributed by atoms with Crippen LogP contribution in [0.4, 0.5) is 5.95 Å². The van der Waals surface area contributed by atoms with E-state index in [1.807, 2.05) is 0 Å². The van der Waals surface area contributed by atoms with Crippen molar-refractivity contribution in [1.29, 1.82) is 0 Å². The summed E-state index contributed by atoms with van der Waals surface area (Å²) in [5, 5.41) is 50.5. The summed E-state index contributed by atoms with van der Waals surface area (Å²) in [6, 6.07) is 0. The van der Waals surface area contributed by atoms with E-state index in [9.17, 15) is 49.2 Å². The Labute approximate surface area is 223 Å². The zero-order valence-electron chi connectivity index (χ0n) is 20.4. The number of phosphoric acid groups is 2. The molecule has 20 nitrogen and oxygen atoms in total. The van der Waals surface area contributed by atoms with Gasteiger partial charge < -0.3 is 50.5 Å². The molecule has 4 rings (SSSR count). The summed E-state index contributed by atoms with van der Waals surface area (Å²) >= 11 is 0. The van der Waals surface area contributed by atoms with Crippen LogP contribution in [0.5, 0.6) is 0 Å². The van der Waals surface area contributed by atoms with Crippen molar-refractivity contribution in [2.75, 3.05) is 26.1 Å². The molecule has 0 radical (unpaired) electrons. The number of aliphatic hydroxyl groups excluding tert-OH is 5. The maximum Gasteiger partial charge on any atom is 0.481 e. The molecule has 0 bridgehead atoms. The number of nitrogens with one attached hydrogen (secondary N) is 1. The topological polar surface area (TPSA) is 311 Å². The number of nitrogens with zero attached hydrogens (tertiary/aromatic N) is 3. The van der Waals surface area contributed by atoms with Gasteiger partial charge in [0.1, 0.15) is 42.7 Å². The number of aliphatic hydroxyl groups is 5. The molecule has 0 spiro atoms. The number of rotatable bonds is 10. The maximum atomic E-state index is 12.3. The van der Waals surface area contributed by atoms with Gasteiger partial charge in [0, 0.05) is 7.11 Å². The van der Waals surface area contributed by atoms with Crippen molar-refractivity contribution >= 4 is 32.8 Å². The van der Waals surface area contributed by atoms with E-state index in [1.54, 1.807) is 0 Å². The second-order valence-electron chi connectivity index (χ2n) is 8.78. The van der Waals surface area contributed by atoms with Crippen molar-refractivity contribution in [2.45, 2.75) is 49.0 Å². The Morgan fingerprint density at radius 1 is 1.07 bits per heavy atom. The number of anilines is 1. The van der Waals surface area contributed by atoms with Crippen LogP contribution in [0.3, 0.4) is 0 Å². The van der Waals surface area contributed by atoms with E-state index in [0.29, 0.717) is 0 Å². The molecule has 3 heterocycles. The van der Waals surface area contributed by atoms with Gasteiger partial charge in [-0.3, -0.25) is 23.4 Å². The molecule has 0 amide bonds. The molecule has 2 aliphatic rings. The number of methoxy groups -OCH3 is 1. The highest BCUT2D eigenvalue weighted by Gasteiger charge is 2.46. The standard InChI is InChI=1S/C18H27N5O15P2/c1-34-7-2-6(10(24)13(27)11(7)25)3-35-39(30,31)38-40(32,33)36-4-8-12(26)14(28)17(37-8)23-5-20-9-15(23)21-18(19)22-16(9)29/h2,5,7-8,10-14,17,24-28H,3-4H2,1H3,(H,30,31)(H,32,33)(H3,19,21,22,29)/t7-,8-,10?,11-,12?,13?,14?,17-/m1/s1. The van der Waals surface area contributed by atoms with E-state index in [0.717, 1.165) is 17.0 Å². The first kappa shape index (κ1) is 30.8. The number of aromatic amines is 1. The van der Waals surface area contributed by atoms with E-state index < -0.39 is 83.4 Å². The summed E-state index contributed by atoms with van der Waals surface area (Å²) in [7, 11) is -9.51. The average molecular weight is 615 g/mol. The fraction of sp³-hybridized carbons (Fsp3) is 0.611. The van der Waals surface area contributed by atoms with Crippen molar-refractivity contribution in [1.82, 2.24) is 19.5 Å². The Hall–Kier alpha value is -2.13. The van der Waals surface area contributed by atoms with E-state index >= 15 is 0 Å². The van der Waals surface area contributed by atoms with Crippen LogP contribution in [0.15, 0.2) is 22.8 Å². The van der Waals surface area contributed by atoms with Crippen LogP contribution >= 0.6 is 15.6 Å². The molecule has 6 unspecified atom stereocenters. The number of nitrogens with two attached hydrogens (primary N) is 1. The summed E-state index contributed by atoms with van der Waals surface area (Å²) in [5.74, 6) is -0.261. The highest BCUT2D eigenvalue weighted by atomic mass is 31.3. The molecule has 1 saturated heterocycles. The largest absolute Gasteiger partial charge is 0.481 e. The van der Waals surface area contributed by atoms with Crippen LogP contribution in [0.2, 0.25) is 0 Å². The van der Waals surface area contributed by atoms with Gasteiger partial charge in [-0.2, -0.15) is 9.29 Å². The normalized spacial score (nSPS) is 34.0. The van der Waals surface area contributed by atoms with Crippen molar-refractivity contribution in [2.24, 2.45) is 0 Å². The molecule has 40 heavy (non-hydrogen) atoms. The predicted molar refractivity (Wildman–Crippen MR) is 128 cm³/mol. The van der Waals surface area contributed by atoms with Gasteiger partial charge in [-0.15, -0.1) is 0 Å². The van der Waals surface area contributed by atoms with Crippen LogP contribution in [-0.4, -0.2) is 118 Å². The number of nitrogen functional groups attached to an aromatic ring is 1. The van der Waals surface area contributed by atoms with Gasteiger partial charge in [-0.05, 0) is 11.6 Å². The quantitative estimate of drug-likeness (QED) is 0.0929. The second kappa shape index (κ2) is 11.6. The molecule has 10 atom stereocenters. The van der Waals surface area contributed by atoms with Crippen molar-refractivity contribution < 1.29 is 67.3 Å². The Bertz CT molecular complexity index is 1420. The zero-order chi connectivity index (χ0) is 29.6. The van der Waals surface area contributed by atoms with E-state index in [4.69, 9.17) is 15.2 Å². The minimum Gasteiger partial charge on any atom is -0.387 e. The zero-order valence-corrected chi connectivity index (χ0v) is 22.2. The van der Waals surface area contributed by atoms with Gasteiger partial charge in [0.05, 0.1) is 19.5 Å². The number of imidazole rings is 1. The summed E-state index contributed by atoms with van der Waals surface area (Å²) in [6.45, 7) is -1.81. The van der Waals surface area contributed by atoms with Gasteiger partial charge in [-0.1, -0.05) is 0 Å². The molecule has 2 aromatic rings. The molecule has 0 aromatic carbocycles. The lowest BCUT2D eigenvalue weighted by molar-refractivity contribution is -0.104. The monoisotopic (exact) mass is 615 g/mol. The van der Waals surface area contributed by atoms with Crippen LogP contribution in [0.1, 0.15) is 6.23 Å². The van der Waals surface area contributed by atoms with E-state index in [1.165, 1.54) is 7.11 Å². The first-order valence-electron chi connectivity index (χ1n) is 11.3. The highest BCUT2D eigenvalue weighted by Crippen LogP contribution is 2.60. The highest BCUT2D eigenvalue weighted by molar-refractivity contribution is 7.61. The first-order chi connectivity index (χ1) is 18.6. The van der Waals surface area contributed by atoms with Crippen LogP contribution < -0.4 is 11.3 Å². The Morgan fingerprint density at radius 3 is 2.42 bits per heavy atom. The summed E-state index contributed by atoms with van der Waals surface area (Å²) < 4.78 is 49.5. The summed E-state index contributed by atoms with van der Waals surface area (Å²) in [6.07, 6.45) is -10.1. The van der Waals surface area contributed by atoms with Gasteiger partial charge in [0.25, 0.3) is 5.56 Å². The number of ether oxygens (including phenoxy) is 2. The molecular weight excluding hydrogens is 588 g/mol. The van der Waals surface area contributed by atoms with Crippen LogP contribution in [-0.2, 0) is 32.0 Å². The summed E-state index contributed by atoms with van der Waals surface area (Å²) in [4.78, 5) is 41.8. The van der Waals surface area contributed by atoms with Crippen molar-refractivity contribution in [3.63, 3.8) is 0 Å². The minimum absolute atomic E-state index is 0.0920. The lowest BCUT2D eigenvalue weighted by Crippen LogP contribution is -2.49. The molecule has 1 aliphatic carbocycles. The fourth-order valence-corrected chi connectivity index (χ4v) is 6.14. The van der Waals surface area contributed by atoms with Crippen LogP contribution in [0.25, 0.3) is 11.2 Å². The van der Waals surface area contributed by atoms with Gasteiger partial charge in [0.15, 0.2) is 17.4 Å². The van der Waals surface area contributed by atoms with Crippen molar-refractivity contribution in [3.8, 4) is 0 Å². The van der Waals surface area contributed by atoms with Gasteiger partial charge in [0.2, 0.25) is 5.95 Å². The molecule has 1 aliphatic heterocycles. The maximum absolute atomic E-state index is 12.3. The molecule has 0 saturated carbocycles. The first-order valence-corrected chi connectivity index (χ1v) is 14.3. The molecule has 224 valence electrons. The van der Waals surface area contributed by atoms with E-state index in [2.05, 4.69) is 28.3 Å². The van der Waals surface area contributed by atoms with Crippen molar-refractivity contribution in [3.05, 3.63) is 28.3 Å². The Balaban J connectivity index is 1.37. The molecule has 10 N–H and O–H groups in total. The smallest absolute Gasteiger partial charge is 0.387 e. The third-order valence-corrected chi connectivity index (χ3v) is 8.69. The second-order valence-corrected chi connectivity index (χ2v) is 11.8. The number of fused-ring (bicyclic) bond motifs is 1. The molecule has 2 aromatic heterocycles. The lowest BCUT2D eigenvalue weighted by Gasteiger charge is -2.33. The number of hydrogen-bond acceptors (Lipinski definition) is 16. The van der Waals surface area contributed by atoms with Gasteiger partial charge in [-0.25, -0.2) is 14.1 Å². The molecule has 22 heteroatoms. The number of aromatic nitrogens is 4. The third-order valence-electron chi connectivity index (χ3n) is 6.11. The summed E-state index contributed by atoms with van der Waals surface area (Å²) in [5.41, 5.74) is 4.43. The van der Waals surface area contributed by atoms with Crippen LogP contribution in [0, 0.1) is 0 Å². The SMILES string of the molecule is CO[C@@H]1C=C(COP(=O)(O)OP(=O)(O)OC[C@H]2O[C@@H](n3cnc4c(=O)[nH]c(N)nc43)C(O)C2O)C(O)C(O)[C@@H]1O. The predicted octanol–water partition coefficient (Wildman–Crippen LogP) is -3.39. The van der Waals surface area contributed by atoms with Gasteiger partial charge >= 0.3 is 15.6 Å². The average Bonchev–Trinajstić information content (AvgIpc) is 3.41. The number of H-pyrrole nitrogens is 1. The third kappa shape index (κ3) is 6.35. The van der Waals surface area contributed by atoms with E-state index in [-0.39, 0.29) is 22.7 Å². The lowest BCUT2D eigenvalue weighted by atomic mass is 9.90. The number of phosphoric ester groups is 2. The molecular formula is C18H27N5O15P2. The fourth-order valence-electron chi connectivity index (χ4n) is 4.08.